The van der Waals surface area contributed by atoms with E-state index in [2.05, 4.69) is 10.6 Å². The normalized spacial score (nSPS) is 13.7. The first kappa shape index (κ1) is 17.2. The Hall–Kier alpha value is -1.83. The monoisotopic (exact) mass is 275 g/mol. The number of aliphatic hydroxyl groups is 1. The molecule has 2 unspecified atom stereocenters. The minimum Gasteiger partial charge on any atom is -0.480 e. The van der Waals surface area contributed by atoms with Crippen molar-refractivity contribution in [1.29, 1.82) is 0 Å². The fourth-order valence-electron chi connectivity index (χ4n) is 1.53. The van der Waals surface area contributed by atoms with Crippen LogP contribution in [0.5, 0.6) is 0 Å². The van der Waals surface area contributed by atoms with Gasteiger partial charge < -0.3 is 26.6 Å². The second kappa shape index (κ2) is 8.30. The van der Waals surface area contributed by atoms with Gasteiger partial charge in [-0.25, -0.2) is 9.59 Å². The van der Waals surface area contributed by atoms with E-state index in [1.165, 1.54) is 0 Å². The van der Waals surface area contributed by atoms with Crippen LogP contribution in [0.25, 0.3) is 0 Å². The molecule has 0 aliphatic heterocycles. The summed E-state index contributed by atoms with van der Waals surface area (Å²) in [5.41, 5.74) is 4.97. The summed E-state index contributed by atoms with van der Waals surface area (Å²) in [5.74, 6) is -1.76. The fourth-order valence-corrected chi connectivity index (χ4v) is 1.53. The van der Waals surface area contributed by atoms with Gasteiger partial charge in [0.25, 0.3) is 0 Å². The second-order valence-corrected chi connectivity index (χ2v) is 4.60. The molecule has 0 aliphatic carbocycles. The third kappa shape index (κ3) is 7.24. The lowest BCUT2D eigenvalue weighted by molar-refractivity contribution is -0.142. The zero-order valence-corrected chi connectivity index (χ0v) is 11.0. The summed E-state index contributed by atoms with van der Waals surface area (Å²) < 4.78 is 0. The number of carboxylic acid groups (broad SMARTS) is 1. The van der Waals surface area contributed by atoms with Gasteiger partial charge in [0.15, 0.2) is 0 Å². The highest BCUT2D eigenvalue weighted by molar-refractivity contribution is 5.89. The van der Waals surface area contributed by atoms with Gasteiger partial charge in [-0.05, 0) is 12.3 Å². The molecule has 0 spiro atoms. The van der Waals surface area contributed by atoms with Gasteiger partial charge in [-0.2, -0.15) is 0 Å². The Labute approximate surface area is 111 Å². The van der Waals surface area contributed by atoms with E-state index in [1.54, 1.807) is 0 Å². The van der Waals surface area contributed by atoms with Gasteiger partial charge in [0.1, 0.15) is 12.1 Å². The molecule has 0 bridgehead atoms. The second-order valence-electron chi connectivity index (χ2n) is 4.60. The molecule has 6 N–H and O–H groups in total. The first-order valence-corrected chi connectivity index (χ1v) is 5.98. The summed E-state index contributed by atoms with van der Waals surface area (Å²) in [6.45, 7) is 3.34. The van der Waals surface area contributed by atoms with Crippen molar-refractivity contribution in [3.05, 3.63) is 0 Å². The third-order valence-corrected chi connectivity index (χ3v) is 2.37. The van der Waals surface area contributed by atoms with Gasteiger partial charge in [0.05, 0.1) is 0 Å². The number of carboxylic acids is 1. The van der Waals surface area contributed by atoms with E-state index in [0.29, 0.717) is 6.42 Å². The van der Waals surface area contributed by atoms with Crippen LogP contribution in [0.4, 0.5) is 4.79 Å². The Balaban J connectivity index is 4.68. The van der Waals surface area contributed by atoms with Gasteiger partial charge in [-0.1, -0.05) is 13.8 Å². The number of hydrogen-bond donors (Lipinski definition) is 5. The lowest BCUT2D eigenvalue weighted by Gasteiger charge is -2.21. The topological polar surface area (TPSA) is 142 Å². The molecule has 0 heterocycles. The number of aliphatic carboxylic acids is 1. The number of hydrogen-bond acceptors (Lipinski definition) is 4. The van der Waals surface area contributed by atoms with Crippen LogP contribution in [-0.4, -0.2) is 46.8 Å². The maximum Gasteiger partial charge on any atom is 0.326 e. The largest absolute Gasteiger partial charge is 0.480 e. The average Bonchev–Trinajstić information content (AvgIpc) is 2.25. The molecule has 0 saturated heterocycles. The number of rotatable bonds is 8. The van der Waals surface area contributed by atoms with E-state index in [0.717, 1.165) is 0 Å². The number of urea groups is 1. The predicted octanol–water partition coefficient (Wildman–Crippen LogP) is -0.979. The minimum absolute atomic E-state index is 0.105. The number of primary amides is 1. The summed E-state index contributed by atoms with van der Waals surface area (Å²) in [4.78, 5) is 33.5. The van der Waals surface area contributed by atoms with Gasteiger partial charge in [0.2, 0.25) is 5.91 Å². The molecule has 0 rings (SSSR count). The van der Waals surface area contributed by atoms with Crippen molar-refractivity contribution >= 4 is 17.9 Å². The maximum atomic E-state index is 11.9. The van der Waals surface area contributed by atoms with Crippen molar-refractivity contribution < 1.29 is 24.6 Å². The molecular weight excluding hydrogens is 254 g/mol. The van der Waals surface area contributed by atoms with Crippen molar-refractivity contribution in [2.75, 3.05) is 6.61 Å². The zero-order chi connectivity index (χ0) is 15.0. The highest BCUT2D eigenvalue weighted by Crippen LogP contribution is 2.05. The highest BCUT2D eigenvalue weighted by Gasteiger charge is 2.26. The third-order valence-electron chi connectivity index (χ3n) is 2.37. The first-order chi connectivity index (χ1) is 8.77. The van der Waals surface area contributed by atoms with E-state index < -0.39 is 30.0 Å². The molecule has 19 heavy (non-hydrogen) atoms. The van der Waals surface area contributed by atoms with Crippen LogP contribution < -0.4 is 16.4 Å². The van der Waals surface area contributed by atoms with Gasteiger partial charge >= 0.3 is 12.0 Å². The number of amides is 3. The SMILES string of the molecule is CC(C)CC(NC(N)=O)C(=O)NC(CCO)C(=O)O. The molecule has 0 aromatic carbocycles. The number of carbonyl (C=O) groups excluding carboxylic acids is 2. The zero-order valence-electron chi connectivity index (χ0n) is 11.0. The summed E-state index contributed by atoms with van der Waals surface area (Å²) in [7, 11) is 0. The Morgan fingerprint density at radius 3 is 2.11 bits per heavy atom. The number of carbonyl (C=O) groups is 3. The van der Waals surface area contributed by atoms with Gasteiger partial charge in [-0.15, -0.1) is 0 Å². The quantitative estimate of drug-likeness (QED) is 0.387. The van der Waals surface area contributed by atoms with E-state index >= 15 is 0 Å². The van der Waals surface area contributed by atoms with Crippen molar-refractivity contribution in [3.63, 3.8) is 0 Å². The van der Waals surface area contributed by atoms with E-state index in [9.17, 15) is 14.4 Å². The predicted molar refractivity (Wildman–Crippen MR) is 67.2 cm³/mol. The number of nitrogens with one attached hydrogen (secondary N) is 2. The maximum absolute atomic E-state index is 11.9. The number of nitrogens with two attached hydrogens (primary N) is 1. The van der Waals surface area contributed by atoms with Crippen molar-refractivity contribution in [1.82, 2.24) is 10.6 Å². The molecule has 110 valence electrons. The van der Waals surface area contributed by atoms with E-state index in [-0.39, 0.29) is 18.9 Å². The highest BCUT2D eigenvalue weighted by atomic mass is 16.4. The molecule has 0 aromatic rings. The fraction of sp³-hybridized carbons (Fsp3) is 0.727. The molecule has 8 heteroatoms. The van der Waals surface area contributed by atoms with E-state index in [4.69, 9.17) is 15.9 Å². The van der Waals surface area contributed by atoms with Crippen LogP contribution >= 0.6 is 0 Å². The lowest BCUT2D eigenvalue weighted by atomic mass is 10.0. The van der Waals surface area contributed by atoms with Crippen molar-refractivity contribution in [2.45, 2.75) is 38.8 Å². The molecular formula is C11H21N3O5. The van der Waals surface area contributed by atoms with Crippen LogP contribution in [0, 0.1) is 5.92 Å². The van der Waals surface area contributed by atoms with Gasteiger partial charge in [0, 0.05) is 13.0 Å². The molecule has 0 aromatic heterocycles. The molecule has 0 aliphatic rings. The molecule has 8 nitrogen and oxygen atoms in total. The molecule has 0 saturated carbocycles. The molecule has 2 atom stereocenters. The van der Waals surface area contributed by atoms with Crippen LogP contribution in [0.2, 0.25) is 0 Å². The lowest BCUT2D eigenvalue weighted by Crippen LogP contribution is -2.53. The Morgan fingerprint density at radius 1 is 1.16 bits per heavy atom. The Bertz CT molecular complexity index is 332. The smallest absolute Gasteiger partial charge is 0.326 e. The van der Waals surface area contributed by atoms with Crippen molar-refractivity contribution in [3.8, 4) is 0 Å². The summed E-state index contributed by atoms with van der Waals surface area (Å²) in [5, 5.41) is 22.1. The van der Waals surface area contributed by atoms with Gasteiger partial charge in [-0.3, -0.25) is 4.79 Å². The minimum atomic E-state index is -1.25. The van der Waals surface area contributed by atoms with Crippen LogP contribution in [0.3, 0.4) is 0 Å². The number of aliphatic hydroxyl groups excluding tert-OH is 1. The first-order valence-electron chi connectivity index (χ1n) is 5.98. The standard InChI is InChI=1S/C11H21N3O5/c1-6(2)5-8(14-11(12)19)9(16)13-7(3-4-15)10(17)18/h6-8,15H,3-5H2,1-2H3,(H,13,16)(H,17,18)(H3,12,14,19). The molecule has 0 radical (unpaired) electrons. The Kier molecular flexibility index (Phi) is 7.50. The van der Waals surface area contributed by atoms with Crippen LogP contribution in [0.15, 0.2) is 0 Å². The van der Waals surface area contributed by atoms with Crippen molar-refractivity contribution in [2.24, 2.45) is 11.7 Å². The van der Waals surface area contributed by atoms with E-state index in [1.807, 2.05) is 13.8 Å². The summed E-state index contributed by atoms with van der Waals surface area (Å²) in [6.07, 6.45) is 0.228. The molecule has 3 amide bonds. The summed E-state index contributed by atoms with van der Waals surface area (Å²) >= 11 is 0. The Morgan fingerprint density at radius 2 is 1.74 bits per heavy atom. The summed E-state index contributed by atoms with van der Waals surface area (Å²) in [6, 6.07) is -2.94. The van der Waals surface area contributed by atoms with Crippen LogP contribution in [-0.2, 0) is 9.59 Å². The molecule has 0 fully saturated rings. The average molecular weight is 275 g/mol. The van der Waals surface area contributed by atoms with Crippen LogP contribution in [0.1, 0.15) is 26.7 Å².